The highest BCUT2D eigenvalue weighted by molar-refractivity contribution is 7.21. The quantitative estimate of drug-likeness (QED) is 0.0933. The first-order valence-corrected chi connectivity index (χ1v) is 15.7. The third-order valence-electron chi connectivity index (χ3n) is 6.98. The molecule has 9 nitrogen and oxygen atoms in total. The number of carboxylic acid groups (broad SMARTS) is 2. The van der Waals surface area contributed by atoms with Gasteiger partial charge in [0, 0.05) is 44.6 Å². The van der Waals surface area contributed by atoms with E-state index in [0.717, 1.165) is 19.7 Å². The number of hydrogen-bond acceptors (Lipinski definition) is 9. The van der Waals surface area contributed by atoms with Crippen LogP contribution in [0.25, 0.3) is 20.2 Å². The highest BCUT2D eigenvalue weighted by Gasteiger charge is 2.22. The predicted octanol–water partition coefficient (Wildman–Crippen LogP) is 7.58. The van der Waals surface area contributed by atoms with E-state index in [0.29, 0.717) is 64.2 Å². The number of fused-ring (bicyclic) bond motifs is 2. The summed E-state index contributed by atoms with van der Waals surface area (Å²) in [7, 11) is 3.09. The molecule has 0 saturated heterocycles. The molecule has 230 valence electrons. The summed E-state index contributed by atoms with van der Waals surface area (Å²) in [6.45, 7) is 3.84. The van der Waals surface area contributed by atoms with Crippen LogP contribution in [0.3, 0.4) is 0 Å². The summed E-state index contributed by atoms with van der Waals surface area (Å²) in [4.78, 5) is 36.5. The number of halogens is 1. The van der Waals surface area contributed by atoms with Crippen LogP contribution in [0, 0.1) is 11.8 Å². The molecule has 43 heavy (non-hydrogen) atoms. The lowest BCUT2D eigenvalue weighted by Crippen LogP contribution is -2.13. The van der Waals surface area contributed by atoms with Gasteiger partial charge in [-0.05, 0) is 36.4 Å². The minimum absolute atomic E-state index is 0.0996. The van der Waals surface area contributed by atoms with Gasteiger partial charge in [-0.25, -0.2) is 0 Å². The van der Waals surface area contributed by atoms with Gasteiger partial charge in [0.1, 0.15) is 0 Å². The van der Waals surface area contributed by atoms with E-state index in [1.54, 1.807) is 37.5 Å². The van der Waals surface area contributed by atoms with Gasteiger partial charge < -0.3 is 29.2 Å². The number of hydrogen-bond donors (Lipinski definition) is 2. The minimum atomic E-state index is -1.02. The molecule has 0 aliphatic rings. The molecule has 4 rings (SSSR count). The van der Waals surface area contributed by atoms with Gasteiger partial charge in [0.25, 0.3) is 0 Å². The molecule has 2 atom stereocenters. The Bertz CT molecular complexity index is 1640. The van der Waals surface area contributed by atoms with E-state index in [-0.39, 0.29) is 18.8 Å². The first-order chi connectivity index (χ1) is 20.5. The van der Waals surface area contributed by atoms with Crippen molar-refractivity contribution in [1.29, 1.82) is 0 Å². The highest BCUT2D eigenvalue weighted by atomic mass is 35.5. The number of carboxylic acids is 2. The third-order valence-corrected chi connectivity index (χ3v) is 9.64. The summed E-state index contributed by atoms with van der Waals surface area (Å²) in [5.41, 5.74) is 0. The van der Waals surface area contributed by atoms with Crippen LogP contribution < -0.4 is 18.9 Å². The van der Waals surface area contributed by atoms with Gasteiger partial charge in [0.2, 0.25) is 0 Å². The fourth-order valence-electron chi connectivity index (χ4n) is 4.38. The summed E-state index contributed by atoms with van der Waals surface area (Å²) in [5, 5.41) is 20.2. The van der Waals surface area contributed by atoms with Crippen molar-refractivity contribution in [3.05, 3.63) is 45.1 Å². The van der Waals surface area contributed by atoms with Gasteiger partial charge in [0.05, 0.1) is 49.2 Å². The Kier molecular flexibility index (Phi) is 10.8. The summed E-state index contributed by atoms with van der Waals surface area (Å²) >= 11 is 9.53. The van der Waals surface area contributed by atoms with E-state index in [4.69, 9.17) is 40.8 Å². The standard InChI is InChI=1S/C31H33ClO9S2/c1-16(30(34)35)6-7-19-11-18-12-23(22(38-3)14-25(18)42-19)40-8-5-9-41-29-24(39-4)15-26-20(28(29)32)13-27(43-26)21(33)10-17(2)31(36)37/h11-17H,5-10H2,1-4H3,(H,34,35)(H,36,37). The van der Waals surface area contributed by atoms with Crippen LogP contribution in [0.2, 0.25) is 5.02 Å². The van der Waals surface area contributed by atoms with Gasteiger partial charge >= 0.3 is 11.9 Å². The van der Waals surface area contributed by atoms with Crippen LogP contribution in [-0.4, -0.2) is 55.4 Å². The van der Waals surface area contributed by atoms with Gasteiger partial charge in [-0.2, -0.15) is 0 Å². The maximum absolute atomic E-state index is 12.6. The molecule has 0 fully saturated rings. The molecule has 4 aromatic rings. The number of thiophene rings is 2. The Morgan fingerprint density at radius 1 is 0.837 bits per heavy atom. The number of benzene rings is 2. The number of ketones is 1. The normalized spacial score (nSPS) is 12.7. The van der Waals surface area contributed by atoms with Crippen LogP contribution >= 0.6 is 34.3 Å². The number of aryl methyl sites for hydroxylation is 1. The lowest BCUT2D eigenvalue weighted by molar-refractivity contribution is -0.142. The lowest BCUT2D eigenvalue weighted by Gasteiger charge is -2.14. The van der Waals surface area contributed by atoms with Crippen LogP contribution in [0.1, 0.15) is 47.7 Å². The van der Waals surface area contributed by atoms with Gasteiger partial charge in [-0.15, -0.1) is 22.7 Å². The van der Waals surface area contributed by atoms with Crippen molar-refractivity contribution in [1.82, 2.24) is 0 Å². The maximum atomic E-state index is 12.6. The molecular formula is C31H33ClO9S2. The van der Waals surface area contributed by atoms with E-state index >= 15 is 0 Å². The average Bonchev–Trinajstić information content (AvgIpc) is 3.59. The fraction of sp³-hybridized carbons (Fsp3) is 0.387. The number of carbonyl (C=O) groups is 3. The second kappa shape index (κ2) is 14.3. The van der Waals surface area contributed by atoms with E-state index < -0.39 is 23.8 Å². The largest absolute Gasteiger partial charge is 0.493 e. The molecule has 12 heteroatoms. The Hall–Kier alpha value is -3.54. The molecule has 2 aromatic heterocycles. The first kappa shape index (κ1) is 32.4. The zero-order chi connectivity index (χ0) is 31.3. The van der Waals surface area contributed by atoms with Crippen molar-refractivity contribution >= 4 is 72.2 Å². The van der Waals surface area contributed by atoms with Crippen molar-refractivity contribution in [3.63, 3.8) is 0 Å². The number of rotatable bonds is 16. The molecule has 2 unspecified atom stereocenters. The van der Waals surface area contributed by atoms with E-state index in [1.165, 1.54) is 25.4 Å². The van der Waals surface area contributed by atoms with Crippen molar-refractivity contribution in [3.8, 4) is 23.0 Å². The van der Waals surface area contributed by atoms with Crippen LogP contribution in [-0.2, 0) is 16.0 Å². The molecule has 2 N–H and O–H groups in total. The predicted molar refractivity (Wildman–Crippen MR) is 168 cm³/mol. The highest BCUT2D eigenvalue weighted by Crippen LogP contribution is 2.44. The van der Waals surface area contributed by atoms with E-state index in [2.05, 4.69) is 6.07 Å². The van der Waals surface area contributed by atoms with Gasteiger partial charge in [-0.3, -0.25) is 14.4 Å². The second-order valence-corrected chi connectivity index (χ2v) is 12.8. The van der Waals surface area contributed by atoms with E-state index in [9.17, 15) is 14.4 Å². The summed E-state index contributed by atoms with van der Waals surface area (Å²) in [6, 6.07) is 9.34. The number of ether oxygens (including phenoxy) is 4. The number of carbonyl (C=O) groups excluding carboxylic acids is 1. The SMILES string of the molecule is COc1cc2sc(CCC(C)C(=O)O)cc2cc1OCCCOc1c(OC)cc2sc(C(=O)CC(C)C(=O)O)cc2c1Cl. The molecular weight excluding hydrogens is 616 g/mol. The van der Waals surface area contributed by atoms with Gasteiger partial charge in [-0.1, -0.05) is 25.4 Å². The fourth-order valence-corrected chi connectivity index (χ4v) is 6.88. The molecule has 2 aromatic carbocycles. The van der Waals surface area contributed by atoms with Crippen molar-refractivity contribution in [2.75, 3.05) is 27.4 Å². The lowest BCUT2D eigenvalue weighted by atomic mass is 10.0. The van der Waals surface area contributed by atoms with Crippen LogP contribution in [0.4, 0.5) is 0 Å². The number of aliphatic carboxylic acids is 2. The Labute approximate surface area is 261 Å². The molecule has 0 aliphatic heterocycles. The van der Waals surface area contributed by atoms with Crippen molar-refractivity contribution < 1.29 is 43.5 Å². The summed E-state index contributed by atoms with van der Waals surface area (Å²) in [6.07, 6.45) is 1.69. The first-order valence-electron chi connectivity index (χ1n) is 13.7. The average molecular weight is 649 g/mol. The Morgan fingerprint density at radius 3 is 2.19 bits per heavy atom. The second-order valence-electron chi connectivity index (χ2n) is 10.2. The topological polar surface area (TPSA) is 129 Å². The molecule has 0 amide bonds. The summed E-state index contributed by atoms with van der Waals surface area (Å²) in [5.74, 6) is -1.26. The third kappa shape index (κ3) is 7.70. The van der Waals surface area contributed by atoms with Gasteiger partial charge in [0.15, 0.2) is 28.8 Å². The minimum Gasteiger partial charge on any atom is -0.493 e. The molecule has 0 aliphatic carbocycles. The molecule has 0 spiro atoms. The number of methoxy groups -OCH3 is 2. The molecule has 0 radical (unpaired) electrons. The van der Waals surface area contributed by atoms with Crippen LogP contribution in [0.15, 0.2) is 30.3 Å². The zero-order valence-electron chi connectivity index (χ0n) is 24.2. The smallest absolute Gasteiger partial charge is 0.306 e. The maximum Gasteiger partial charge on any atom is 0.306 e. The molecule has 0 bridgehead atoms. The Balaban J connectivity index is 1.39. The Morgan fingerprint density at radius 2 is 1.51 bits per heavy atom. The zero-order valence-corrected chi connectivity index (χ0v) is 26.6. The molecule has 2 heterocycles. The number of Topliss-reactive ketones (excluding diaryl/α,β-unsaturated/α-hetero) is 1. The molecule has 0 saturated carbocycles. The van der Waals surface area contributed by atoms with Crippen molar-refractivity contribution in [2.24, 2.45) is 11.8 Å². The van der Waals surface area contributed by atoms with Crippen LogP contribution in [0.5, 0.6) is 23.0 Å². The summed E-state index contributed by atoms with van der Waals surface area (Å²) < 4.78 is 24.8. The van der Waals surface area contributed by atoms with E-state index in [1.807, 2.05) is 12.1 Å². The van der Waals surface area contributed by atoms with Crippen molar-refractivity contribution in [2.45, 2.75) is 39.5 Å². The monoisotopic (exact) mass is 648 g/mol.